The third-order valence-corrected chi connectivity index (χ3v) is 2.39. The van der Waals surface area contributed by atoms with E-state index >= 15 is 0 Å². The van der Waals surface area contributed by atoms with Gasteiger partial charge in [-0.25, -0.2) is 4.39 Å². The molecule has 2 N–H and O–H groups in total. The maximum Gasteiger partial charge on any atom is 0.259 e. The van der Waals surface area contributed by atoms with Crippen molar-refractivity contribution in [3.05, 3.63) is 29.1 Å². The van der Waals surface area contributed by atoms with E-state index in [1.165, 1.54) is 12.1 Å². The van der Waals surface area contributed by atoms with Gasteiger partial charge in [-0.1, -0.05) is 27.7 Å². The van der Waals surface area contributed by atoms with Gasteiger partial charge in [0.15, 0.2) is 5.78 Å². The number of fused-ring (bicyclic) bond motifs is 1. The van der Waals surface area contributed by atoms with Crippen molar-refractivity contribution in [1.29, 1.82) is 0 Å². The average Bonchev–Trinajstić information content (AvgIpc) is 2.81. The second-order valence-corrected chi connectivity index (χ2v) is 3.65. The number of rotatable bonds is 1. The zero-order chi connectivity index (χ0) is 15.0. The Balaban J connectivity index is 0.000000741. The van der Waals surface area contributed by atoms with E-state index in [1.54, 1.807) is 0 Å². The summed E-state index contributed by atoms with van der Waals surface area (Å²) in [5, 5.41) is -0.177. The molecule has 0 aromatic heterocycles. The van der Waals surface area contributed by atoms with Crippen LogP contribution in [0.3, 0.4) is 0 Å². The molecule has 0 saturated heterocycles. The topological polar surface area (TPSA) is 52.3 Å². The molecule has 0 radical (unpaired) electrons. The number of halogens is 1. The summed E-state index contributed by atoms with van der Waals surface area (Å²) < 4.78 is 18.3. The van der Waals surface area contributed by atoms with Crippen LogP contribution < -0.4 is 10.5 Å². The highest BCUT2D eigenvalue weighted by Crippen LogP contribution is 2.32. The van der Waals surface area contributed by atoms with Gasteiger partial charge >= 0.3 is 0 Å². The van der Waals surface area contributed by atoms with Crippen LogP contribution in [-0.2, 0) is 6.42 Å². The fourth-order valence-corrected chi connectivity index (χ4v) is 1.80. The standard InChI is InChI=1S/C10H8FNO2S.2C2H6/c11-6-2-4-8(14-10(12)15)9-5(6)1-3-7(9)13;2*1-2/h2,4H,1,3H2,(H2,12,15);2*1-2H3. The van der Waals surface area contributed by atoms with Crippen LogP contribution in [-0.4, -0.2) is 11.0 Å². The van der Waals surface area contributed by atoms with Crippen LogP contribution in [0.1, 0.15) is 50.0 Å². The second kappa shape index (κ2) is 8.58. The molecule has 0 unspecified atom stereocenters. The van der Waals surface area contributed by atoms with Crippen LogP contribution in [0, 0.1) is 5.82 Å². The predicted octanol–water partition coefficient (Wildman–Crippen LogP) is 3.63. The summed E-state index contributed by atoms with van der Waals surface area (Å²) in [4.78, 5) is 11.5. The summed E-state index contributed by atoms with van der Waals surface area (Å²) in [6.07, 6.45) is 0.721. The minimum absolute atomic E-state index is 0.129. The van der Waals surface area contributed by atoms with Crippen molar-refractivity contribution in [3.63, 3.8) is 0 Å². The Hall–Kier alpha value is -1.49. The lowest BCUT2D eigenvalue weighted by Crippen LogP contribution is -2.17. The Bertz CT molecular complexity index is 461. The van der Waals surface area contributed by atoms with Crippen LogP contribution >= 0.6 is 12.2 Å². The molecule has 5 heteroatoms. The van der Waals surface area contributed by atoms with E-state index in [4.69, 9.17) is 10.5 Å². The molecule has 0 bridgehead atoms. The van der Waals surface area contributed by atoms with Gasteiger partial charge < -0.3 is 10.5 Å². The number of benzene rings is 1. The van der Waals surface area contributed by atoms with E-state index in [-0.39, 0.29) is 28.1 Å². The van der Waals surface area contributed by atoms with Gasteiger partial charge in [-0.3, -0.25) is 4.79 Å². The van der Waals surface area contributed by atoms with Gasteiger partial charge in [0.2, 0.25) is 0 Å². The Morgan fingerprint density at radius 2 is 1.84 bits per heavy atom. The fourth-order valence-electron chi connectivity index (χ4n) is 1.71. The molecule has 0 fully saturated rings. The van der Waals surface area contributed by atoms with Gasteiger partial charge in [0.1, 0.15) is 11.6 Å². The molecular formula is C14H20FNO2S. The number of carbonyl (C=O) groups excluding carboxylic acids is 1. The first-order valence-electron chi connectivity index (χ1n) is 6.41. The smallest absolute Gasteiger partial charge is 0.259 e. The average molecular weight is 285 g/mol. The lowest BCUT2D eigenvalue weighted by molar-refractivity contribution is 0.0993. The van der Waals surface area contributed by atoms with E-state index in [2.05, 4.69) is 12.2 Å². The number of carbonyl (C=O) groups is 1. The molecule has 0 heterocycles. The molecule has 19 heavy (non-hydrogen) atoms. The maximum atomic E-state index is 13.3. The third kappa shape index (κ3) is 4.28. The van der Waals surface area contributed by atoms with Crippen LogP contribution in [0.25, 0.3) is 0 Å². The van der Waals surface area contributed by atoms with Crippen molar-refractivity contribution >= 4 is 23.2 Å². The first-order valence-corrected chi connectivity index (χ1v) is 6.82. The molecule has 1 aromatic carbocycles. The van der Waals surface area contributed by atoms with Gasteiger partial charge in [0.05, 0.1) is 5.56 Å². The zero-order valence-corrected chi connectivity index (χ0v) is 12.6. The lowest BCUT2D eigenvalue weighted by atomic mass is 10.1. The predicted molar refractivity (Wildman–Crippen MR) is 79.2 cm³/mol. The molecule has 1 aliphatic carbocycles. The molecule has 0 atom stereocenters. The molecule has 0 spiro atoms. The van der Waals surface area contributed by atoms with Crippen molar-refractivity contribution in [2.75, 3.05) is 0 Å². The minimum atomic E-state index is -0.383. The normalized spacial score (nSPS) is 11.5. The highest BCUT2D eigenvalue weighted by atomic mass is 32.1. The number of nitrogens with two attached hydrogens (primary N) is 1. The van der Waals surface area contributed by atoms with Gasteiger partial charge in [-0.15, -0.1) is 0 Å². The molecule has 1 aromatic rings. The van der Waals surface area contributed by atoms with E-state index in [0.717, 1.165) is 0 Å². The molecule has 2 rings (SSSR count). The molecule has 1 aliphatic rings. The Morgan fingerprint density at radius 1 is 1.26 bits per heavy atom. The van der Waals surface area contributed by atoms with Gasteiger partial charge in [-0.05, 0) is 30.8 Å². The first kappa shape index (κ1) is 17.5. The maximum absolute atomic E-state index is 13.3. The van der Waals surface area contributed by atoms with Gasteiger partial charge in [0.25, 0.3) is 5.17 Å². The quantitative estimate of drug-likeness (QED) is 0.801. The summed E-state index contributed by atoms with van der Waals surface area (Å²) in [5.41, 5.74) is 5.88. The highest BCUT2D eigenvalue weighted by Gasteiger charge is 2.27. The molecule has 106 valence electrons. The molecule has 0 saturated carbocycles. The Kier molecular flexibility index (Phi) is 7.91. The molecule has 0 aliphatic heterocycles. The number of Topliss-reactive ketones (excluding diaryl/α,β-unsaturated/α-hetero) is 1. The summed E-state index contributed by atoms with van der Waals surface area (Å²) >= 11 is 4.57. The summed E-state index contributed by atoms with van der Waals surface area (Å²) in [6, 6.07) is 2.63. The van der Waals surface area contributed by atoms with Crippen LogP contribution in [0.15, 0.2) is 12.1 Å². The number of ether oxygens (including phenoxy) is 1. The molecule has 3 nitrogen and oxygen atoms in total. The van der Waals surface area contributed by atoms with Crippen molar-refractivity contribution in [2.24, 2.45) is 5.73 Å². The third-order valence-electron chi connectivity index (χ3n) is 2.31. The van der Waals surface area contributed by atoms with Crippen LogP contribution in [0.5, 0.6) is 5.75 Å². The Morgan fingerprint density at radius 3 is 2.37 bits per heavy atom. The monoisotopic (exact) mass is 285 g/mol. The van der Waals surface area contributed by atoms with E-state index in [0.29, 0.717) is 18.4 Å². The van der Waals surface area contributed by atoms with Crippen molar-refractivity contribution in [3.8, 4) is 5.75 Å². The van der Waals surface area contributed by atoms with Crippen molar-refractivity contribution < 1.29 is 13.9 Å². The van der Waals surface area contributed by atoms with Gasteiger partial charge in [-0.2, -0.15) is 0 Å². The number of thiocarbonyl (C=S) groups is 1. The van der Waals surface area contributed by atoms with Gasteiger partial charge in [0, 0.05) is 12.0 Å². The first-order chi connectivity index (χ1) is 9.09. The highest BCUT2D eigenvalue weighted by molar-refractivity contribution is 7.80. The minimum Gasteiger partial charge on any atom is -0.431 e. The number of hydrogen-bond donors (Lipinski definition) is 1. The second-order valence-electron chi connectivity index (χ2n) is 3.24. The van der Waals surface area contributed by atoms with Crippen molar-refractivity contribution in [1.82, 2.24) is 0 Å². The fraction of sp³-hybridized carbons (Fsp3) is 0.429. The van der Waals surface area contributed by atoms with Crippen LogP contribution in [0.2, 0.25) is 0 Å². The molecule has 0 amide bonds. The molecular weight excluding hydrogens is 265 g/mol. The number of hydrogen-bond acceptors (Lipinski definition) is 3. The number of ketones is 1. The lowest BCUT2D eigenvalue weighted by Gasteiger charge is -2.08. The summed E-state index contributed by atoms with van der Waals surface area (Å²) in [5.74, 6) is -0.261. The summed E-state index contributed by atoms with van der Waals surface area (Å²) in [7, 11) is 0. The summed E-state index contributed by atoms with van der Waals surface area (Å²) in [6.45, 7) is 8.00. The SMILES string of the molecule is CC.CC.NC(=S)Oc1ccc(F)c2c1C(=O)CC2. The Labute approximate surface area is 118 Å². The largest absolute Gasteiger partial charge is 0.431 e. The van der Waals surface area contributed by atoms with E-state index in [9.17, 15) is 9.18 Å². The van der Waals surface area contributed by atoms with Crippen molar-refractivity contribution in [2.45, 2.75) is 40.5 Å². The van der Waals surface area contributed by atoms with Crippen LogP contribution in [0.4, 0.5) is 4.39 Å². The van der Waals surface area contributed by atoms with E-state index < -0.39 is 0 Å². The zero-order valence-electron chi connectivity index (χ0n) is 11.7. The van der Waals surface area contributed by atoms with E-state index in [1.807, 2.05) is 27.7 Å².